The van der Waals surface area contributed by atoms with Crippen LogP contribution in [-0.4, -0.2) is 42.7 Å². The maximum Gasteiger partial charge on any atom is 0.339 e. The van der Waals surface area contributed by atoms with Crippen LogP contribution in [0.25, 0.3) is 0 Å². The number of hydrogen-bond donors (Lipinski definition) is 1. The van der Waals surface area contributed by atoms with Crippen LogP contribution in [0.3, 0.4) is 0 Å². The van der Waals surface area contributed by atoms with Crippen LogP contribution < -0.4 is 14.2 Å². The van der Waals surface area contributed by atoms with Gasteiger partial charge in [-0.3, -0.25) is 4.79 Å². The van der Waals surface area contributed by atoms with Crippen molar-refractivity contribution < 1.29 is 28.9 Å². The van der Waals surface area contributed by atoms with Crippen LogP contribution in [0.5, 0.6) is 17.2 Å². The smallest absolute Gasteiger partial charge is 0.339 e. The summed E-state index contributed by atoms with van der Waals surface area (Å²) in [6.07, 6.45) is 0. The van der Waals surface area contributed by atoms with Gasteiger partial charge in [-0.2, -0.15) is 0 Å². The average Bonchev–Trinajstić information content (AvgIpc) is 2.85. The predicted octanol–water partition coefficient (Wildman–Crippen LogP) is 4.88. The SMILES string of the molecule is COc1ccc(CN(C(=O)COc2cc(C)ccc2C(=O)O)[C@@H](C)c2ccccc2)cc1OC. The Balaban J connectivity index is 1.87. The van der Waals surface area contributed by atoms with Crippen molar-refractivity contribution >= 4 is 11.9 Å². The Labute approximate surface area is 199 Å². The Bertz CT molecular complexity index is 1150. The third-order valence-corrected chi connectivity index (χ3v) is 5.59. The monoisotopic (exact) mass is 463 g/mol. The van der Waals surface area contributed by atoms with Crippen LogP contribution in [0.1, 0.15) is 40.0 Å². The summed E-state index contributed by atoms with van der Waals surface area (Å²) in [6, 6.07) is 19.7. The van der Waals surface area contributed by atoms with E-state index in [0.717, 1.165) is 16.7 Å². The van der Waals surface area contributed by atoms with Crippen molar-refractivity contribution in [3.8, 4) is 17.2 Å². The molecular weight excluding hydrogens is 434 g/mol. The van der Waals surface area contributed by atoms with Crippen LogP contribution in [0.15, 0.2) is 66.7 Å². The highest BCUT2D eigenvalue weighted by Gasteiger charge is 2.24. The molecule has 0 aliphatic carbocycles. The number of nitrogens with zero attached hydrogens (tertiary/aromatic N) is 1. The first-order valence-electron chi connectivity index (χ1n) is 10.9. The summed E-state index contributed by atoms with van der Waals surface area (Å²) in [6.45, 7) is 3.79. The molecule has 0 radical (unpaired) electrons. The van der Waals surface area contributed by atoms with Gasteiger partial charge >= 0.3 is 5.97 Å². The molecular formula is C27H29NO6. The molecule has 0 aliphatic rings. The predicted molar refractivity (Wildman–Crippen MR) is 129 cm³/mol. The number of carbonyl (C=O) groups is 2. The zero-order valence-electron chi connectivity index (χ0n) is 19.8. The molecule has 0 saturated carbocycles. The molecule has 3 aromatic rings. The number of rotatable bonds is 10. The molecule has 178 valence electrons. The molecule has 0 spiro atoms. The first-order valence-corrected chi connectivity index (χ1v) is 10.9. The Morgan fingerprint density at radius 3 is 2.26 bits per heavy atom. The van der Waals surface area contributed by atoms with E-state index < -0.39 is 5.97 Å². The van der Waals surface area contributed by atoms with Gasteiger partial charge in [0, 0.05) is 6.54 Å². The molecule has 0 heterocycles. The number of carbonyl (C=O) groups excluding carboxylic acids is 1. The van der Waals surface area contributed by atoms with Gasteiger partial charge in [0.15, 0.2) is 18.1 Å². The number of aromatic carboxylic acids is 1. The zero-order valence-corrected chi connectivity index (χ0v) is 19.8. The minimum atomic E-state index is -1.11. The van der Waals surface area contributed by atoms with Crippen LogP contribution in [0.2, 0.25) is 0 Å². The average molecular weight is 464 g/mol. The fraction of sp³-hybridized carbons (Fsp3) is 0.259. The number of carboxylic acid groups (broad SMARTS) is 1. The topological polar surface area (TPSA) is 85.3 Å². The third-order valence-electron chi connectivity index (χ3n) is 5.59. The van der Waals surface area contributed by atoms with E-state index >= 15 is 0 Å². The van der Waals surface area contributed by atoms with Gasteiger partial charge in [-0.25, -0.2) is 4.79 Å². The minimum absolute atomic E-state index is 0.0148. The number of amides is 1. The molecule has 0 saturated heterocycles. The van der Waals surface area contributed by atoms with E-state index in [1.54, 1.807) is 37.3 Å². The number of hydrogen-bond acceptors (Lipinski definition) is 5. The van der Waals surface area contributed by atoms with Gasteiger partial charge in [-0.15, -0.1) is 0 Å². The highest BCUT2D eigenvalue weighted by molar-refractivity contribution is 5.91. The molecule has 1 atom stereocenters. The molecule has 0 unspecified atom stereocenters. The Morgan fingerprint density at radius 2 is 1.62 bits per heavy atom. The van der Waals surface area contributed by atoms with Crippen molar-refractivity contribution in [2.24, 2.45) is 0 Å². The van der Waals surface area contributed by atoms with Crippen molar-refractivity contribution in [3.63, 3.8) is 0 Å². The fourth-order valence-electron chi connectivity index (χ4n) is 3.68. The molecule has 0 bridgehead atoms. The fourth-order valence-corrected chi connectivity index (χ4v) is 3.68. The van der Waals surface area contributed by atoms with Crippen molar-refractivity contribution in [1.82, 2.24) is 4.90 Å². The van der Waals surface area contributed by atoms with Gasteiger partial charge in [-0.1, -0.05) is 42.5 Å². The summed E-state index contributed by atoms with van der Waals surface area (Å²) < 4.78 is 16.4. The van der Waals surface area contributed by atoms with Crippen molar-refractivity contribution in [3.05, 3.63) is 89.0 Å². The molecule has 1 N–H and O–H groups in total. The standard InChI is InChI=1S/C27H29NO6/c1-18-10-12-22(27(30)31)24(14-18)34-17-26(29)28(19(2)21-8-6-5-7-9-21)16-20-11-13-23(32-3)25(15-20)33-4/h5-15,19H,16-17H2,1-4H3,(H,30,31)/t19-/m0/s1. The first-order chi connectivity index (χ1) is 16.3. The highest BCUT2D eigenvalue weighted by Crippen LogP contribution is 2.30. The van der Waals surface area contributed by atoms with E-state index in [1.807, 2.05) is 56.3 Å². The van der Waals surface area contributed by atoms with Crippen molar-refractivity contribution in [2.45, 2.75) is 26.4 Å². The third kappa shape index (κ3) is 5.86. The molecule has 3 aromatic carbocycles. The lowest BCUT2D eigenvalue weighted by atomic mass is 10.1. The largest absolute Gasteiger partial charge is 0.493 e. The van der Waals surface area contributed by atoms with E-state index in [1.165, 1.54) is 6.07 Å². The Hall–Kier alpha value is -4.00. The second kappa shape index (κ2) is 11.2. The maximum absolute atomic E-state index is 13.4. The molecule has 0 aliphatic heterocycles. The number of methoxy groups -OCH3 is 2. The molecule has 7 nitrogen and oxygen atoms in total. The molecule has 7 heteroatoms. The minimum Gasteiger partial charge on any atom is -0.493 e. The summed E-state index contributed by atoms with van der Waals surface area (Å²) in [5.41, 5.74) is 2.68. The summed E-state index contributed by atoms with van der Waals surface area (Å²) in [5, 5.41) is 9.46. The van der Waals surface area contributed by atoms with E-state index in [9.17, 15) is 14.7 Å². The van der Waals surface area contributed by atoms with Gasteiger partial charge < -0.3 is 24.2 Å². The molecule has 3 rings (SSSR count). The van der Waals surface area contributed by atoms with Gasteiger partial charge in [0.1, 0.15) is 11.3 Å². The van der Waals surface area contributed by atoms with Gasteiger partial charge in [0.05, 0.1) is 20.3 Å². The lowest BCUT2D eigenvalue weighted by Gasteiger charge is -2.30. The van der Waals surface area contributed by atoms with E-state index in [2.05, 4.69) is 0 Å². The summed E-state index contributed by atoms with van der Waals surface area (Å²) in [7, 11) is 3.13. The summed E-state index contributed by atoms with van der Waals surface area (Å²) >= 11 is 0. The van der Waals surface area contributed by atoms with Crippen molar-refractivity contribution in [1.29, 1.82) is 0 Å². The number of carboxylic acids is 1. The normalized spacial score (nSPS) is 11.4. The van der Waals surface area contributed by atoms with E-state index in [0.29, 0.717) is 18.0 Å². The first kappa shape index (κ1) is 24.6. The zero-order chi connectivity index (χ0) is 24.7. The quantitative estimate of drug-likeness (QED) is 0.461. The van der Waals surface area contributed by atoms with Crippen LogP contribution >= 0.6 is 0 Å². The molecule has 0 aromatic heterocycles. The molecule has 1 amide bonds. The molecule has 34 heavy (non-hydrogen) atoms. The second-order valence-corrected chi connectivity index (χ2v) is 7.89. The Morgan fingerprint density at radius 1 is 0.912 bits per heavy atom. The number of ether oxygens (including phenoxy) is 3. The van der Waals surface area contributed by atoms with Gasteiger partial charge in [-0.05, 0) is 54.8 Å². The number of benzene rings is 3. The van der Waals surface area contributed by atoms with E-state index in [4.69, 9.17) is 14.2 Å². The van der Waals surface area contributed by atoms with Crippen LogP contribution in [-0.2, 0) is 11.3 Å². The van der Waals surface area contributed by atoms with E-state index in [-0.39, 0.29) is 29.9 Å². The summed E-state index contributed by atoms with van der Waals surface area (Å²) in [4.78, 5) is 26.6. The Kier molecular flexibility index (Phi) is 8.14. The molecule has 0 fully saturated rings. The number of aryl methyl sites for hydroxylation is 1. The summed E-state index contributed by atoms with van der Waals surface area (Å²) in [5.74, 6) is -0.0448. The van der Waals surface area contributed by atoms with Crippen LogP contribution in [0.4, 0.5) is 0 Å². The van der Waals surface area contributed by atoms with Crippen LogP contribution in [0, 0.1) is 6.92 Å². The highest BCUT2D eigenvalue weighted by atomic mass is 16.5. The lowest BCUT2D eigenvalue weighted by molar-refractivity contribution is -0.136. The van der Waals surface area contributed by atoms with Gasteiger partial charge in [0.25, 0.3) is 5.91 Å². The second-order valence-electron chi connectivity index (χ2n) is 7.89. The van der Waals surface area contributed by atoms with Gasteiger partial charge in [0.2, 0.25) is 0 Å². The maximum atomic E-state index is 13.4. The lowest BCUT2D eigenvalue weighted by Crippen LogP contribution is -2.36. The van der Waals surface area contributed by atoms with Crippen molar-refractivity contribution in [2.75, 3.05) is 20.8 Å².